The molecule has 1 saturated heterocycles. The number of nitrogens with zero attached hydrogens (tertiary/aromatic N) is 1. The molecule has 1 aromatic carbocycles. The van der Waals surface area contributed by atoms with E-state index in [9.17, 15) is 0 Å². The molecule has 2 heterocycles. The molecule has 0 unspecified atom stereocenters. The maximum absolute atomic E-state index is 6.01. The molecule has 3 heteroatoms. The van der Waals surface area contributed by atoms with Gasteiger partial charge in [0, 0.05) is 19.0 Å². The average Bonchev–Trinajstić information content (AvgIpc) is 2.45. The van der Waals surface area contributed by atoms with E-state index in [1.54, 1.807) is 7.11 Å². The molecule has 3 nitrogen and oxygen atoms in total. The number of piperidine rings is 1. The lowest BCUT2D eigenvalue weighted by atomic mass is 9.83. The van der Waals surface area contributed by atoms with Gasteiger partial charge < -0.3 is 14.4 Å². The Morgan fingerprint density at radius 3 is 3.11 bits per heavy atom. The van der Waals surface area contributed by atoms with Crippen molar-refractivity contribution in [2.45, 2.75) is 32.0 Å². The fourth-order valence-electron chi connectivity index (χ4n) is 3.16. The van der Waals surface area contributed by atoms with Gasteiger partial charge in [-0.2, -0.15) is 0 Å². The zero-order valence-electron chi connectivity index (χ0n) is 11.2. The Morgan fingerprint density at radius 1 is 1.44 bits per heavy atom. The maximum atomic E-state index is 6.01. The van der Waals surface area contributed by atoms with E-state index in [2.05, 4.69) is 24.0 Å². The van der Waals surface area contributed by atoms with Crippen molar-refractivity contribution in [2.24, 2.45) is 0 Å². The van der Waals surface area contributed by atoms with E-state index in [1.807, 2.05) is 6.07 Å². The van der Waals surface area contributed by atoms with Crippen molar-refractivity contribution in [3.8, 4) is 5.75 Å². The molecule has 0 N–H and O–H groups in total. The van der Waals surface area contributed by atoms with Crippen LogP contribution < -0.4 is 4.74 Å². The molecule has 0 saturated carbocycles. The van der Waals surface area contributed by atoms with Crippen LogP contribution >= 0.6 is 0 Å². The molecule has 2 atom stereocenters. The molecule has 2 aliphatic heterocycles. The van der Waals surface area contributed by atoms with Gasteiger partial charge in [-0.3, -0.25) is 0 Å². The summed E-state index contributed by atoms with van der Waals surface area (Å²) in [6.07, 6.45) is 1.54. The summed E-state index contributed by atoms with van der Waals surface area (Å²) in [5, 5.41) is 0. The Bertz CT molecular complexity index is 433. The third-order valence-electron chi connectivity index (χ3n) is 4.29. The second kappa shape index (κ2) is 4.90. The predicted octanol–water partition coefficient (Wildman–Crippen LogP) is 2.40. The van der Waals surface area contributed by atoms with Crippen molar-refractivity contribution in [3.63, 3.8) is 0 Å². The Hall–Kier alpha value is -1.06. The van der Waals surface area contributed by atoms with Crippen molar-refractivity contribution < 1.29 is 9.47 Å². The molecule has 3 rings (SSSR count). The molecule has 1 aromatic rings. The van der Waals surface area contributed by atoms with Crippen LogP contribution in [0.25, 0.3) is 0 Å². The van der Waals surface area contributed by atoms with Gasteiger partial charge in [0.25, 0.3) is 0 Å². The molecule has 0 aliphatic carbocycles. The third-order valence-corrected chi connectivity index (χ3v) is 4.29. The average molecular weight is 247 g/mol. The first-order chi connectivity index (χ1) is 8.81. The van der Waals surface area contributed by atoms with Gasteiger partial charge in [0.15, 0.2) is 0 Å². The van der Waals surface area contributed by atoms with Crippen LogP contribution in [0.3, 0.4) is 0 Å². The number of likely N-dealkylation sites (N-methyl/N-ethyl adjacent to an activating group) is 1. The van der Waals surface area contributed by atoms with Crippen LogP contribution in [0.15, 0.2) is 18.2 Å². The second-order valence-corrected chi connectivity index (χ2v) is 5.20. The van der Waals surface area contributed by atoms with Crippen LogP contribution in [-0.2, 0) is 11.3 Å². The number of benzene rings is 1. The van der Waals surface area contributed by atoms with Gasteiger partial charge in [0.1, 0.15) is 5.75 Å². The molecular formula is C15H21NO2. The first kappa shape index (κ1) is 12.0. The Kier molecular flexibility index (Phi) is 3.27. The highest BCUT2D eigenvalue weighted by atomic mass is 16.5. The largest absolute Gasteiger partial charge is 0.497 e. The zero-order valence-corrected chi connectivity index (χ0v) is 11.2. The lowest BCUT2D eigenvalue weighted by Gasteiger charge is -2.41. The normalized spacial score (nSPS) is 27.4. The molecule has 0 aromatic heterocycles. The number of likely N-dealkylation sites (tertiary alicyclic amines) is 1. The van der Waals surface area contributed by atoms with E-state index >= 15 is 0 Å². The molecule has 98 valence electrons. The summed E-state index contributed by atoms with van der Waals surface area (Å²) in [5.74, 6) is 1.47. The number of hydrogen-bond acceptors (Lipinski definition) is 3. The smallest absolute Gasteiger partial charge is 0.119 e. The molecular weight excluding hydrogens is 226 g/mol. The highest BCUT2D eigenvalue weighted by Crippen LogP contribution is 2.37. The number of rotatable bonds is 2. The first-order valence-electron chi connectivity index (χ1n) is 6.82. The Balaban J connectivity index is 1.93. The quantitative estimate of drug-likeness (QED) is 0.801. The monoisotopic (exact) mass is 247 g/mol. The third kappa shape index (κ3) is 2.02. The summed E-state index contributed by atoms with van der Waals surface area (Å²) < 4.78 is 11.4. The minimum Gasteiger partial charge on any atom is -0.497 e. The van der Waals surface area contributed by atoms with E-state index < -0.39 is 0 Å². The Labute approximate surface area is 109 Å². The first-order valence-corrected chi connectivity index (χ1v) is 6.82. The van der Waals surface area contributed by atoms with Gasteiger partial charge in [-0.05, 0) is 36.2 Å². The summed E-state index contributed by atoms with van der Waals surface area (Å²) >= 11 is 0. The van der Waals surface area contributed by atoms with Crippen molar-refractivity contribution in [2.75, 3.05) is 26.7 Å². The van der Waals surface area contributed by atoms with Gasteiger partial charge >= 0.3 is 0 Å². The summed E-state index contributed by atoms with van der Waals surface area (Å²) in [5.41, 5.74) is 2.76. The second-order valence-electron chi connectivity index (χ2n) is 5.20. The van der Waals surface area contributed by atoms with Gasteiger partial charge in [0.2, 0.25) is 0 Å². The number of methoxy groups -OCH3 is 1. The van der Waals surface area contributed by atoms with Gasteiger partial charge in [0.05, 0.1) is 19.8 Å². The maximum Gasteiger partial charge on any atom is 0.119 e. The van der Waals surface area contributed by atoms with Crippen LogP contribution in [0.2, 0.25) is 0 Å². The highest BCUT2D eigenvalue weighted by molar-refractivity contribution is 5.40. The summed E-state index contributed by atoms with van der Waals surface area (Å²) in [6.45, 7) is 6.39. The van der Waals surface area contributed by atoms with Crippen molar-refractivity contribution in [1.29, 1.82) is 0 Å². The predicted molar refractivity (Wildman–Crippen MR) is 71.0 cm³/mol. The summed E-state index contributed by atoms with van der Waals surface area (Å²) in [6, 6.07) is 6.38. The number of fused-ring (bicyclic) bond motifs is 3. The summed E-state index contributed by atoms with van der Waals surface area (Å²) in [4.78, 5) is 2.51. The molecule has 0 radical (unpaired) electrons. The van der Waals surface area contributed by atoms with Crippen LogP contribution in [0.5, 0.6) is 5.75 Å². The van der Waals surface area contributed by atoms with E-state index in [1.165, 1.54) is 11.1 Å². The van der Waals surface area contributed by atoms with Crippen molar-refractivity contribution in [3.05, 3.63) is 29.3 Å². The number of hydrogen-bond donors (Lipinski definition) is 0. The van der Waals surface area contributed by atoms with E-state index in [0.717, 1.165) is 38.4 Å². The minimum absolute atomic E-state index is 0.396. The van der Waals surface area contributed by atoms with Crippen molar-refractivity contribution >= 4 is 0 Å². The lowest BCUT2D eigenvalue weighted by Crippen LogP contribution is -2.44. The highest BCUT2D eigenvalue weighted by Gasteiger charge is 2.35. The van der Waals surface area contributed by atoms with Gasteiger partial charge in [-0.15, -0.1) is 0 Å². The summed E-state index contributed by atoms with van der Waals surface area (Å²) in [7, 11) is 1.73. The SMILES string of the molecule is CCN1CC[C@@H]2OCc3ccc(OC)cc3[C@H]2C1. The zero-order chi connectivity index (χ0) is 12.5. The Morgan fingerprint density at radius 2 is 2.33 bits per heavy atom. The molecule has 0 amide bonds. The number of ether oxygens (including phenoxy) is 2. The minimum atomic E-state index is 0.396. The van der Waals surface area contributed by atoms with Gasteiger partial charge in [-0.25, -0.2) is 0 Å². The lowest BCUT2D eigenvalue weighted by molar-refractivity contribution is -0.0302. The standard InChI is InChI=1S/C15H21NO2/c1-3-16-7-6-15-14(9-16)13-8-12(17-2)5-4-11(13)10-18-15/h4-5,8,14-15H,3,6-7,9-10H2,1-2H3/t14-,15+/m1/s1. The van der Waals surface area contributed by atoms with E-state index in [4.69, 9.17) is 9.47 Å². The molecule has 18 heavy (non-hydrogen) atoms. The van der Waals surface area contributed by atoms with Crippen LogP contribution in [0.4, 0.5) is 0 Å². The van der Waals surface area contributed by atoms with Crippen LogP contribution in [-0.4, -0.2) is 37.7 Å². The van der Waals surface area contributed by atoms with Crippen LogP contribution in [0, 0.1) is 0 Å². The molecule has 2 aliphatic rings. The van der Waals surface area contributed by atoms with Gasteiger partial charge in [-0.1, -0.05) is 13.0 Å². The topological polar surface area (TPSA) is 21.7 Å². The molecule has 0 spiro atoms. The van der Waals surface area contributed by atoms with Crippen molar-refractivity contribution in [1.82, 2.24) is 4.90 Å². The van der Waals surface area contributed by atoms with E-state index in [-0.39, 0.29) is 0 Å². The van der Waals surface area contributed by atoms with Crippen LogP contribution in [0.1, 0.15) is 30.4 Å². The molecule has 1 fully saturated rings. The fraction of sp³-hybridized carbons (Fsp3) is 0.600. The fourth-order valence-corrected chi connectivity index (χ4v) is 3.16. The molecule has 0 bridgehead atoms. The van der Waals surface area contributed by atoms with E-state index in [0.29, 0.717) is 12.0 Å².